The Balaban J connectivity index is 2.19. The molecule has 1 aliphatic heterocycles. The minimum absolute atomic E-state index is 0.218. The van der Waals surface area contributed by atoms with E-state index >= 15 is 0 Å². The fourth-order valence-electron chi connectivity index (χ4n) is 1.73. The van der Waals surface area contributed by atoms with Crippen LogP contribution in [-0.4, -0.2) is 17.4 Å². The second kappa shape index (κ2) is 4.22. The smallest absolute Gasteiger partial charge is 0.227 e. The van der Waals surface area contributed by atoms with Gasteiger partial charge in [0.2, 0.25) is 5.91 Å². The van der Waals surface area contributed by atoms with E-state index in [1.807, 2.05) is 11.0 Å². The van der Waals surface area contributed by atoms with Gasteiger partial charge in [-0.25, -0.2) is 0 Å². The molecule has 1 radical (unpaired) electrons. The Labute approximate surface area is 83.8 Å². The number of carbonyl (C=O) groups excluding carboxylic acids is 1. The van der Waals surface area contributed by atoms with Gasteiger partial charge in [0.1, 0.15) is 0 Å². The van der Waals surface area contributed by atoms with Gasteiger partial charge in [-0.1, -0.05) is 6.42 Å². The summed E-state index contributed by atoms with van der Waals surface area (Å²) in [5, 5.41) is 0. The third-order valence-corrected chi connectivity index (χ3v) is 2.49. The van der Waals surface area contributed by atoms with Crippen LogP contribution in [0.25, 0.3) is 0 Å². The Morgan fingerprint density at radius 1 is 1.36 bits per heavy atom. The molecule has 3 nitrogen and oxygen atoms in total. The SMILES string of the molecule is O=C1CCCCCN1c1cc[c]nc1. The van der Waals surface area contributed by atoms with Crippen LogP contribution in [0.3, 0.4) is 0 Å². The zero-order chi connectivity index (χ0) is 9.80. The molecular formula is C11H13N2O. The van der Waals surface area contributed by atoms with E-state index in [9.17, 15) is 4.79 Å². The zero-order valence-corrected chi connectivity index (χ0v) is 8.07. The lowest BCUT2D eigenvalue weighted by atomic mass is 10.2. The number of amides is 1. The summed E-state index contributed by atoms with van der Waals surface area (Å²) < 4.78 is 0. The van der Waals surface area contributed by atoms with Crippen LogP contribution in [0.2, 0.25) is 0 Å². The van der Waals surface area contributed by atoms with Crippen molar-refractivity contribution in [3.8, 4) is 0 Å². The van der Waals surface area contributed by atoms with Gasteiger partial charge in [-0.05, 0) is 25.0 Å². The number of aromatic nitrogens is 1. The number of nitrogens with zero attached hydrogens (tertiary/aromatic N) is 2. The molecule has 1 saturated heterocycles. The van der Waals surface area contributed by atoms with Gasteiger partial charge >= 0.3 is 0 Å². The van der Waals surface area contributed by atoms with Crippen LogP contribution >= 0.6 is 0 Å². The minimum Gasteiger partial charge on any atom is -0.311 e. The molecule has 2 heterocycles. The summed E-state index contributed by atoms with van der Waals surface area (Å²) >= 11 is 0. The van der Waals surface area contributed by atoms with Crippen molar-refractivity contribution in [2.45, 2.75) is 25.7 Å². The number of anilines is 1. The number of rotatable bonds is 1. The lowest BCUT2D eigenvalue weighted by Gasteiger charge is -2.19. The molecule has 1 fully saturated rings. The van der Waals surface area contributed by atoms with Gasteiger partial charge < -0.3 is 4.90 Å². The first-order valence-corrected chi connectivity index (χ1v) is 5.00. The first-order valence-electron chi connectivity index (χ1n) is 5.00. The second-order valence-corrected chi connectivity index (χ2v) is 3.50. The highest BCUT2D eigenvalue weighted by Gasteiger charge is 2.17. The van der Waals surface area contributed by atoms with Crippen LogP contribution in [0.15, 0.2) is 18.3 Å². The molecular weight excluding hydrogens is 176 g/mol. The molecule has 2 rings (SSSR count). The Morgan fingerprint density at radius 3 is 3.07 bits per heavy atom. The van der Waals surface area contributed by atoms with Crippen LogP contribution < -0.4 is 4.90 Å². The van der Waals surface area contributed by atoms with E-state index in [-0.39, 0.29) is 5.91 Å². The van der Waals surface area contributed by atoms with Crippen LogP contribution in [0, 0.1) is 6.20 Å². The van der Waals surface area contributed by atoms with Crippen molar-refractivity contribution in [1.82, 2.24) is 4.98 Å². The molecule has 73 valence electrons. The third kappa shape index (κ3) is 1.92. The van der Waals surface area contributed by atoms with E-state index in [1.165, 1.54) is 0 Å². The van der Waals surface area contributed by atoms with Crippen LogP contribution in [0.5, 0.6) is 0 Å². The first-order chi connectivity index (χ1) is 6.88. The monoisotopic (exact) mass is 189 g/mol. The number of pyridine rings is 1. The van der Waals surface area contributed by atoms with Crippen LogP contribution in [0.4, 0.5) is 5.69 Å². The van der Waals surface area contributed by atoms with E-state index in [2.05, 4.69) is 11.2 Å². The predicted molar refractivity (Wildman–Crippen MR) is 53.9 cm³/mol. The molecule has 0 aromatic carbocycles. The quantitative estimate of drug-likeness (QED) is 0.674. The Kier molecular flexibility index (Phi) is 2.77. The molecule has 1 amide bonds. The molecule has 0 spiro atoms. The summed E-state index contributed by atoms with van der Waals surface area (Å²) in [6.07, 6.45) is 8.33. The van der Waals surface area contributed by atoms with Gasteiger partial charge in [0.15, 0.2) is 0 Å². The van der Waals surface area contributed by atoms with Crippen LogP contribution in [0.1, 0.15) is 25.7 Å². The predicted octanol–water partition coefficient (Wildman–Crippen LogP) is 1.79. The Morgan fingerprint density at radius 2 is 2.29 bits per heavy atom. The van der Waals surface area contributed by atoms with Crippen molar-refractivity contribution in [1.29, 1.82) is 0 Å². The molecule has 14 heavy (non-hydrogen) atoms. The third-order valence-electron chi connectivity index (χ3n) is 2.49. The largest absolute Gasteiger partial charge is 0.311 e. The molecule has 0 N–H and O–H groups in total. The van der Waals surface area contributed by atoms with E-state index in [0.717, 1.165) is 31.5 Å². The topological polar surface area (TPSA) is 33.2 Å². The molecule has 0 atom stereocenters. The van der Waals surface area contributed by atoms with Crippen molar-refractivity contribution in [2.75, 3.05) is 11.4 Å². The summed E-state index contributed by atoms with van der Waals surface area (Å²) in [4.78, 5) is 17.4. The zero-order valence-electron chi connectivity index (χ0n) is 8.07. The molecule has 1 aromatic rings. The fourth-order valence-corrected chi connectivity index (χ4v) is 1.73. The molecule has 0 aliphatic carbocycles. The molecule has 0 saturated carbocycles. The summed E-state index contributed by atoms with van der Waals surface area (Å²) in [5.74, 6) is 0.218. The van der Waals surface area contributed by atoms with E-state index in [0.29, 0.717) is 6.42 Å². The maximum absolute atomic E-state index is 11.7. The molecule has 1 aromatic heterocycles. The standard InChI is InChI=1S/C11H13N2O/c14-11-6-2-1-3-8-13(11)10-5-4-7-12-9-10/h4-5,9H,1-3,6,8H2. The van der Waals surface area contributed by atoms with Crippen molar-refractivity contribution in [3.05, 3.63) is 24.5 Å². The second-order valence-electron chi connectivity index (χ2n) is 3.50. The van der Waals surface area contributed by atoms with Crippen molar-refractivity contribution < 1.29 is 4.79 Å². The average Bonchev–Trinajstić information content (AvgIpc) is 2.44. The highest BCUT2D eigenvalue weighted by molar-refractivity contribution is 5.93. The lowest BCUT2D eigenvalue weighted by Crippen LogP contribution is -2.29. The number of hydrogen-bond acceptors (Lipinski definition) is 2. The number of carbonyl (C=O) groups is 1. The minimum atomic E-state index is 0.218. The normalized spacial score (nSPS) is 18.0. The van der Waals surface area contributed by atoms with Gasteiger partial charge in [0.25, 0.3) is 0 Å². The van der Waals surface area contributed by atoms with Gasteiger partial charge in [0.05, 0.1) is 18.1 Å². The maximum atomic E-state index is 11.7. The summed E-state index contributed by atoms with van der Waals surface area (Å²) in [6.45, 7) is 0.824. The van der Waals surface area contributed by atoms with Gasteiger partial charge in [-0.15, -0.1) is 0 Å². The fraction of sp³-hybridized carbons (Fsp3) is 0.455. The van der Waals surface area contributed by atoms with Gasteiger partial charge in [-0.2, -0.15) is 0 Å². The highest BCUT2D eigenvalue weighted by atomic mass is 16.2. The summed E-state index contributed by atoms with van der Waals surface area (Å²) in [7, 11) is 0. The van der Waals surface area contributed by atoms with E-state index in [4.69, 9.17) is 0 Å². The number of hydrogen-bond donors (Lipinski definition) is 0. The van der Waals surface area contributed by atoms with Gasteiger partial charge in [-0.3, -0.25) is 9.78 Å². The van der Waals surface area contributed by atoms with Gasteiger partial charge in [0, 0.05) is 13.0 Å². The average molecular weight is 189 g/mol. The molecule has 0 unspecified atom stereocenters. The van der Waals surface area contributed by atoms with E-state index < -0.39 is 0 Å². The maximum Gasteiger partial charge on any atom is 0.227 e. The summed E-state index contributed by atoms with van der Waals surface area (Å²) in [5.41, 5.74) is 0.899. The molecule has 0 bridgehead atoms. The Bertz CT molecular complexity index is 310. The summed E-state index contributed by atoms with van der Waals surface area (Å²) in [6, 6.07) is 3.63. The van der Waals surface area contributed by atoms with Crippen molar-refractivity contribution in [3.63, 3.8) is 0 Å². The highest BCUT2D eigenvalue weighted by Crippen LogP contribution is 2.18. The molecule has 1 aliphatic rings. The lowest BCUT2D eigenvalue weighted by molar-refractivity contribution is -0.118. The molecule has 3 heteroatoms. The van der Waals surface area contributed by atoms with Crippen molar-refractivity contribution >= 4 is 11.6 Å². The van der Waals surface area contributed by atoms with Crippen LogP contribution in [-0.2, 0) is 4.79 Å². The van der Waals surface area contributed by atoms with Crippen molar-refractivity contribution in [2.24, 2.45) is 0 Å². The van der Waals surface area contributed by atoms with E-state index in [1.54, 1.807) is 12.3 Å². The first kappa shape index (κ1) is 9.19. The Hall–Kier alpha value is -1.38.